The molecule has 1 aromatic heterocycles. The van der Waals surface area contributed by atoms with Crippen molar-refractivity contribution < 1.29 is 14.8 Å². The Hall–Kier alpha value is -2.82. The number of benzene rings is 2. The van der Waals surface area contributed by atoms with Crippen molar-refractivity contribution in [1.29, 1.82) is 0 Å². The van der Waals surface area contributed by atoms with E-state index in [0.717, 1.165) is 14.6 Å². The number of para-hydroxylation sites is 1. The Morgan fingerprint density at radius 3 is 2.93 bits per heavy atom. The predicted molar refractivity (Wildman–Crippen MR) is 109 cm³/mol. The van der Waals surface area contributed by atoms with Gasteiger partial charge in [-0.15, -0.1) is 11.3 Å². The highest BCUT2D eigenvalue weighted by atomic mass is 32.2. The number of nitrogens with zero attached hydrogens (tertiary/aromatic N) is 3. The van der Waals surface area contributed by atoms with Crippen LogP contribution < -0.4 is 5.43 Å². The minimum absolute atomic E-state index is 0.0557. The molecule has 2 aromatic carbocycles. The molecule has 8 nitrogen and oxygen atoms in total. The molecule has 0 aliphatic heterocycles. The number of carbonyl (C=O) groups excluding carboxylic acids is 1. The highest BCUT2D eigenvalue weighted by Crippen LogP contribution is 2.38. The zero-order valence-corrected chi connectivity index (χ0v) is 16.2. The molecule has 10 heteroatoms. The molecular formula is C18H16N4O4S2. The molecule has 2 N–H and O–H groups in total. The van der Waals surface area contributed by atoms with E-state index in [9.17, 15) is 14.9 Å². The van der Waals surface area contributed by atoms with Crippen LogP contribution in [0.4, 0.5) is 5.69 Å². The van der Waals surface area contributed by atoms with Crippen LogP contribution in [0.3, 0.4) is 0 Å². The maximum absolute atomic E-state index is 11.5. The molecule has 1 heterocycles. The number of fused-ring (bicyclic) bond motifs is 1. The van der Waals surface area contributed by atoms with Crippen LogP contribution >= 0.6 is 23.1 Å². The first-order valence-electron chi connectivity index (χ1n) is 8.31. The lowest BCUT2D eigenvalue weighted by Gasteiger charge is -2.02. The van der Waals surface area contributed by atoms with Gasteiger partial charge in [-0.2, -0.15) is 5.10 Å². The first-order valence-corrected chi connectivity index (χ1v) is 9.95. The van der Waals surface area contributed by atoms with Gasteiger partial charge in [0.2, 0.25) is 5.91 Å². The van der Waals surface area contributed by atoms with Crippen molar-refractivity contribution in [2.75, 3.05) is 6.61 Å². The molecule has 144 valence electrons. The lowest BCUT2D eigenvalue weighted by molar-refractivity contribution is -0.387. The topological polar surface area (TPSA) is 118 Å². The second-order valence-electron chi connectivity index (χ2n) is 5.65. The molecule has 0 saturated carbocycles. The van der Waals surface area contributed by atoms with Crippen molar-refractivity contribution in [2.24, 2.45) is 5.10 Å². The lowest BCUT2D eigenvalue weighted by Crippen LogP contribution is -2.17. The van der Waals surface area contributed by atoms with Gasteiger partial charge in [0.15, 0.2) is 4.34 Å². The van der Waals surface area contributed by atoms with E-state index in [1.165, 1.54) is 35.4 Å². The SMILES string of the molecule is O=C(CCCO)N/N=C/c1ccc(Sc2nc3ccccc3s2)c([N+](=O)[O-])c1. The molecule has 0 bridgehead atoms. The number of hydrogen-bond donors (Lipinski definition) is 2. The van der Waals surface area contributed by atoms with Gasteiger partial charge in [0.05, 0.1) is 26.3 Å². The number of nitro benzene ring substituents is 1. The van der Waals surface area contributed by atoms with Crippen LogP contribution in [0.5, 0.6) is 0 Å². The Morgan fingerprint density at radius 1 is 1.36 bits per heavy atom. The monoisotopic (exact) mass is 416 g/mol. The molecule has 0 atom stereocenters. The van der Waals surface area contributed by atoms with Gasteiger partial charge < -0.3 is 5.11 Å². The zero-order chi connectivity index (χ0) is 19.9. The minimum atomic E-state index is -0.452. The van der Waals surface area contributed by atoms with E-state index in [-0.39, 0.29) is 24.6 Å². The largest absolute Gasteiger partial charge is 0.396 e. The Labute approximate surface area is 168 Å². The van der Waals surface area contributed by atoms with E-state index in [1.54, 1.807) is 12.1 Å². The predicted octanol–water partition coefficient (Wildman–Crippen LogP) is 3.58. The molecule has 0 aliphatic rings. The average Bonchev–Trinajstić information content (AvgIpc) is 3.09. The molecule has 3 aromatic rings. The van der Waals surface area contributed by atoms with E-state index in [4.69, 9.17) is 5.11 Å². The van der Waals surface area contributed by atoms with Crippen molar-refractivity contribution in [1.82, 2.24) is 10.4 Å². The number of amides is 1. The molecule has 0 spiro atoms. The average molecular weight is 416 g/mol. The zero-order valence-electron chi connectivity index (χ0n) is 14.6. The van der Waals surface area contributed by atoms with Crippen LogP contribution in [-0.2, 0) is 4.79 Å². The van der Waals surface area contributed by atoms with Crippen molar-refractivity contribution in [3.05, 3.63) is 58.1 Å². The van der Waals surface area contributed by atoms with E-state index < -0.39 is 4.92 Å². The number of carbonyl (C=O) groups is 1. The van der Waals surface area contributed by atoms with Gasteiger partial charge in [-0.1, -0.05) is 30.0 Å². The van der Waals surface area contributed by atoms with Crippen LogP contribution in [0.2, 0.25) is 0 Å². The smallest absolute Gasteiger partial charge is 0.283 e. The fourth-order valence-electron chi connectivity index (χ4n) is 2.31. The van der Waals surface area contributed by atoms with Crippen molar-refractivity contribution in [3.63, 3.8) is 0 Å². The number of thiazole rings is 1. The highest BCUT2D eigenvalue weighted by molar-refractivity contribution is 8.01. The van der Waals surface area contributed by atoms with Crippen LogP contribution in [0.15, 0.2) is 56.8 Å². The number of aromatic nitrogens is 1. The third-order valence-corrected chi connectivity index (χ3v) is 5.78. The van der Waals surface area contributed by atoms with E-state index in [1.807, 2.05) is 24.3 Å². The number of aliphatic hydroxyl groups is 1. The first-order chi connectivity index (χ1) is 13.6. The summed E-state index contributed by atoms with van der Waals surface area (Å²) in [4.78, 5) is 27.4. The van der Waals surface area contributed by atoms with Gasteiger partial charge in [-0.25, -0.2) is 10.4 Å². The molecule has 0 aliphatic carbocycles. The maximum atomic E-state index is 11.5. The number of aliphatic hydroxyl groups excluding tert-OH is 1. The standard InChI is InChI=1S/C18H16N4O4S2/c23-9-3-6-17(24)21-19-11-12-7-8-16(14(10-12)22(25)26)28-18-20-13-4-1-2-5-15(13)27-18/h1-2,4-5,7-8,10-11,23H,3,6,9H2,(H,21,24)/b19-11+. The summed E-state index contributed by atoms with van der Waals surface area (Å²) in [5, 5.41) is 24.0. The molecule has 0 fully saturated rings. The fourth-order valence-corrected chi connectivity index (χ4v) is 4.42. The number of rotatable bonds is 8. The molecule has 0 unspecified atom stereocenters. The van der Waals surface area contributed by atoms with Crippen molar-refractivity contribution >= 4 is 51.1 Å². The van der Waals surface area contributed by atoms with Gasteiger partial charge in [0.1, 0.15) is 0 Å². The Morgan fingerprint density at radius 2 is 2.18 bits per heavy atom. The molecule has 3 rings (SSSR count). The molecule has 1 amide bonds. The van der Waals surface area contributed by atoms with Crippen molar-refractivity contribution in [2.45, 2.75) is 22.1 Å². The number of hydrogen-bond acceptors (Lipinski definition) is 8. The summed E-state index contributed by atoms with van der Waals surface area (Å²) in [6.45, 7) is -0.0723. The van der Waals surface area contributed by atoms with Crippen molar-refractivity contribution in [3.8, 4) is 0 Å². The first kappa shape index (κ1) is 19.9. The second kappa shape index (κ2) is 9.40. The van der Waals surface area contributed by atoms with Gasteiger partial charge in [-0.3, -0.25) is 14.9 Å². The number of nitrogens with one attached hydrogen (secondary N) is 1. The maximum Gasteiger partial charge on any atom is 0.283 e. The summed E-state index contributed by atoms with van der Waals surface area (Å²) in [6, 6.07) is 12.4. The Kier molecular flexibility index (Phi) is 6.69. The third-order valence-electron chi connectivity index (χ3n) is 3.62. The molecule has 0 radical (unpaired) electrons. The highest BCUT2D eigenvalue weighted by Gasteiger charge is 2.17. The molecular weight excluding hydrogens is 400 g/mol. The van der Waals surface area contributed by atoms with Gasteiger partial charge in [-0.05, 0) is 24.6 Å². The van der Waals surface area contributed by atoms with E-state index in [2.05, 4.69) is 15.5 Å². The summed E-state index contributed by atoms with van der Waals surface area (Å²) in [5.74, 6) is -0.331. The normalized spacial score (nSPS) is 11.2. The van der Waals surface area contributed by atoms with Gasteiger partial charge in [0.25, 0.3) is 5.69 Å². The lowest BCUT2D eigenvalue weighted by atomic mass is 10.2. The summed E-state index contributed by atoms with van der Waals surface area (Å²) in [5.41, 5.74) is 3.61. The third kappa shape index (κ3) is 5.12. The molecule has 0 saturated heterocycles. The minimum Gasteiger partial charge on any atom is -0.396 e. The van der Waals surface area contributed by atoms with Crippen LogP contribution in [0, 0.1) is 10.1 Å². The van der Waals surface area contributed by atoms with Crippen LogP contribution in [0.1, 0.15) is 18.4 Å². The fraction of sp³-hybridized carbons (Fsp3) is 0.167. The van der Waals surface area contributed by atoms with E-state index in [0.29, 0.717) is 16.9 Å². The van der Waals surface area contributed by atoms with Gasteiger partial charge >= 0.3 is 0 Å². The Balaban J connectivity index is 1.75. The van der Waals surface area contributed by atoms with Crippen LogP contribution in [0.25, 0.3) is 10.2 Å². The summed E-state index contributed by atoms with van der Waals surface area (Å²) in [6.07, 6.45) is 1.85. The summed E-state index contributed by atoms with van der Waals surface area (Å²) < 4.78 is 1.75. The summed E-state index contributed by atoms with van der Waals surface area (Å²) in [7, 11) is 0. The second-order valence-corrected chi connectivity index (χ2v) is 7.97. The summed E-state index contributed by atoms with van der Waals surface area (Å²) >= 11 is 2.72. The molecule has 28 heavy (non-hydrogen) atoms. The number of nitro groups is 1. The number of hydrazone groups is 1. The van der Waals surface area contributed by atoms with Crippen LogP contribution in [-0.4, -0.2) is 33.7 Å². The van der Waals surface area contributed by atoms with Gasteiger partial charge in [0, 0.05) is 24.7 Å². The quantitative estimate of drug-likeness (QED) is 0.329. The Bertz CT molecular complexity index is 1000. The van der Waals surface area contributed by atoms with E-state index >= 15 is 0 Å².